The van der Waals surface area contributed by atoms with Crippen LogP contribution in [-0.2, 0) is 36.4 Å². The number of hydrogen-bond acceptors (Lipinski definition) is 6. The topological polar surface area (TPSA) is 98.1 Å². The Balaban J connectivity index is 1.92. The number of alkyl halides is 3. The van der Waals surface area contributed by atoms with E-state index >= 15 is 0 Å². The van der Waals surface area contributed by atoms with E-state index < -0.39 is 33.3 Å². The molecule has 2 aromatic carbocycles. The molecule has 1 N–H and O–H groups in total. The van der Waals surface area contributed by atoms with E-state index in [0.717, 1.165) is 6.20 Å². The van der Waals surface area contributed by atoms with Gasteiger partial charge in [0.25, 0.3) is 5.60 Å². The Kier molecular flexibility index (Phi) is 7.15. The lowest BCUT2D eigenvalue weighted by Crippen LogP contribution is -2.50. The fourth-order valence-corrected chi connectivity index (χ4v) is 5.61. The molecule has 0 amide bonds. The van der Waals surface area contributed by atoms with Gasteiger partial charge in [-0.1, -0.05) is 36.4 Å². The van der Waals surface area contributed by atoms with Gasteiger partial charge in [-0.05, 0) is 24.6 Å². The number of sulfonamides is 1. The third kappa shape index (κ3) is 4.61. The van der Waals surface area contributed by atoms with Crippen molar-refractivity contribution >= 4 is 26.9 Å². The number of benzene rings is 2. The van der Waals surface area contributed by atoms with Crippen LogP contribution in [0.3, 0.4) is 0 Å². The average molecular weight is 527 g/mol. The molecule has 1 aromatic heterocycles. The Hall–Kier alpha value is -2.93. The number of halogens is 3. The predicted octanol–water partition coefficient (Wildman–Crippen LogP) is 3.02. The van der Waals surface area contributed by atoms with Gasteiger partial charge in [-0.3, -0.25) is 0 Å². The van der Waals surface area contributed by atoms with Crippen LogP contribution in [0.25, 0.3) is 10.9 Å². The zero-order valence-electron chi connectivity index (χ0n) is 19.4. The highest BCUT2D eigenvalue weighted by Crippen LogP contribution is 2.44. The van der Waals surface area contributed by atoms with E-state index in [0.29, 0.717) is 5.56 Å². The molecule has 3 aromatic rings. The van der Waals surface area contributed by atoms with Crippen molar-refractivity contribution in [3.8, 4) is 0 Å². The minimum atomic E-state index is -5.40. The monoisotopic (exact) mass is 526 g/mol. The maximum atomic E-state index is 14.2. The number of rotatable bonds is 7. The summed E-state index contributed by atoms with van der Waals surface area (Å²) in [5.74, 6) is -1.86. The molecule has 194 valence electrons. The minimum absolute atomic E-state index is 0.0646. The van der Waals surface area contributed by atoms with Crippen molar-refractivity contribution in [1.82, 2.24) is 8.87 Å². The third-order valence-corrected chi connectivity index (χ3v) is 7.92. The zero-order valence-corrected chi connectivity index (χ0v) is 20.2. The van der Waals surface area contributed by atoms with E-state index in [9.17, 15) is 31.5 Å². The first-order chi connectivity index (χ1) is 17.0. The second-order valence-corrected chi connectivity index (χ2v) is 10.2. The lowest BCUT2D eigenvalue weighted by Gasteiger charge is -2.28. The number of ether oxygens (including phenoxy) is 2. The number of carbonyl (C=O) groups excluding carboxylic acids is 1. The van der Waals surface area contributed by atoms with Crippen molar-refractivity contribution in [2.75, 3.05) is 32.9 Å². The molecule has 0 spiro atoms. The molecule has 4 rings (SSSR count). The molecule has 1 fully saturated rings. The number of fused-ring (bicyclic) bond motifs is 1. The van der Waals surface area contributed by atoms with Crippen LogP contribution in [-0.4, -0.2) is 67.5 Å². The van der Waals surface area contributed by atoms with Crippen LogP contribution < -0.4 is 0 Å². The highest BCUT2D eigenvalue weighted by atomic mass is 32.2. The lowest BCUT2D eigenvalue weighted by atomic mass is 9.92. The molecule has 0 radical (unpaired) electrons. The predicted molar refractivity (Wildman–Crippen MR) is 124 cm³/mol. The van der Waals surface area contributed by atoms with Gasteiger partial charge in [0.2, 0.25) is 10.0 Å². The number of esters is 1. The van der Waals surface area contributed by atoms with Gasteiger partial charge in [0.1, 0.15) is 0 Å². The van der Waals surface area contributed by atoms with Crippen LogP contribution in [0.4, 0.5) is 13.2 Å². The first kappa shape index (κ1) is 26.1. The Labute approximate surface area is 205 Å². The second-order valence-electron chi connectivity index (χ2n) is 8.28. The minimum Gasteiger partial charge on any atom is -0.463 e. The number of hydrogen-bond donors (Lipinski definition) is 1. The van der Waals surface area contributed by atoms with E-state index in [2.05, 4.69) is 4.74 Å². The van der Waals surface area contributed by atoms with Crippen molar-refractivity contribution in [3.63, 3.8) is 0 Å². The van der Waals surface area contributed by atoms with Gasteiger partial charge < -0.3 is 19.1 Å². The normalized spacial score (nSPS) is 17.1. The van der Waals surface area contributed by atoms with Gasteiger partial charge in [-0.25, -0.2) is 13.2 Å². The fourth-order valence-electron chi connectivity index (χ4n) is 4.18. The summed E-state index contributed by atoms with van der Waals surface area (Å²) >= 11 is 0. The molecule has 0 saturated carbocycles. The molecule has 0 aliphatic carbocycles. The largest absolute Gasteiger partial charge is 0.463 e. The summed E-state index contributed by atoms with van der Waals surface area (Å²) in [5.41, 5.74) is -3.87. The Morgan fingerprint density at radius 3 is 2.39 bits per heavy atom. The van der Waals surface area contributed by atoms with Crippen LogP contribution in [0, 0.1) is 0 Å². The van der Waals surface area contributed by atoms with Crippen molar-refractivity contribution in [2.45, 2.75) is 30.1 Å². The highest BCUT2D eigenvalue weighted by Gasteiger charge is 2.63. The first-order valence-electron chi connectivity index (χ1n) is 11.2. The van der Waals surface area contributed by atoms with Crippen LogP contribution in [0.15, 0.2) is 59.6 Å². The van der Waals surface area contributed by atoms with Crippen molar-refractivity contribution in [3.05, 3.63) is 65.9 Å². The molecule has 1 aliphatic rings. The van der Waals surface area contributed by atoms with Crippen molar-refractivity contribution in [1.29, 1.82) is 0 Å². The van der Waals surface area contributed by atoms with Crippen LogP contribution in [0.2, 0.25) is 0 Å². The summed E-state index contributed by atoms with van der Waals surface area (Å²) in [6.45, 7) is 1.77. The van der Waals surface area contributed by atoms with Gasteiger partial charge in [-0.15, -0.1) is 0 Å². The molecular weight excluding hydrogens is 501 g/mol. The summed E-state index contributed by atoms with van der Waals surface area (Å²) < 4.78 is 81.4. The molecule has 8 nitrogen and oxygen atoms in total. The van der Waals surface area contributed by atoms with Crippen LogP contribution in [0.5, 0.6) is 0 Å². The zero-order chi connectivity index (χ0) is 26.1. The van der Waals surface area contributed by atoms with Gasteiger partial charge >= 0.3 is 12.1 Å². The van der Waals surface area contributed by atoms with Crippen LogP contribution in [0.1, 0.15) is 18.1 Å². The summed E-state index contributed by atoms with van der Waals surface area (Å²) in [6.07, 6.45) is -4.38. The summed E-state index contributed by atoms with van der Waals surface area (Å²) in [4.78, 5) is 12.3. The molecular formula is C24H25F3N2O6S. The number of morpholine rings is 1. The van der Waals surface area contributed by atoms with Gasteiger partial charge in [-0.2, -0.15) is 17.5 Å². The molecule has 2 heterocycles. The second kappa shape index (κ2) is 9.85. The lowest BCUT2D eigenvalue weighted by molar-refractivity contribution is -0.267. The number of aromatic nitrogens is 1. The average Bonchev–Trinajstić information content (AvgIpc) is 3.22. The van der Waals surface area contributed by atoms with Crippen molar-refractivity contribution < 1.29 is 41.0 Å². The first-order valence-corrected chi connectivity index (χ1v) is 12.7. The Morgan fingerprint density at radius 2 is 1.78 bits per heavy atom. The summed E-state index contributed by atoms with van der Waals surface area (Å²) in [7, 11) is -3.96. The van der Waals surface area contributed by atoms with E-state index in [1.165, 1.54) is 34.0 Å². The van der Waals surface area contributed by atoms with Gasteiger partial charge in [0.05, 0.1) is 30.2 Å². The summed E-state index contributed by atoms with van der Waals surface area (Å²) in [5, 5.41) is 10.7. The number of carbonyl (C=O) groups is 1. The van der Waals surface area contributed by atoms with Gasteiger partial charge in [0.15, 0.2) is 0 Å². The maximum Gasteiger partial charge on any atom is 0.432 e. The fraction of sp³-hybridized carbons (Fsp3) is 0.375. The smallest absolute Gasteiger partial charge is 0.432 e. The molecule has 12 heteroatoms. The SMILES string of the molecule is CCOC(=O)C(O)(c1cn(Cc2ccccc2)c2cc(S(=O)(=O)N3CCOCC3)ccc12)C(F)(F)F. The van der Waals surface area contributed by atoms with Gasteiger partial charge in [0, 0.05) is 36.8 Å². The van der Waals surface area contributed by atoms with E-state index in [4.69, 9.17) is 4.74 Å². The molecule has 36 heavy (non-hydrogen) atoms. The number of nitrogens with zero attached hydrogens (tertiary/aromatic N) is 2. The molecule has 1 atom stereocenters. The molecule has 0 bridgehead atoms. The third-order valence-electron chi connectivity index (χ3n) is 6.03. The summed E-state index contributed by atoms with van der Waals surface area (Å²) in [6, 6.07) is 12.4. The quantitative estimate of drug-likeness (QED) is 0.476. The highest BCUT2D eigenvalue weighted by molar-refractivity contribution is 7.89. The Morgan fingerprint density at radius 1 is 1.11 bits per heavy atom. The standard InChI is InChI=1S/C24H25F3N2O6S/c1-2-35-22(30)23(31,24(25,26)27)20-16-28(15-17-6-4-3-5-7-17)21-14-18(8-9-19(20)21)36(32,33)29-10-12-34-13-11-29/h3-9,14,16,31H,2,10-13,15H2,1H3. The molecule has 1 aliphatic heterocycles. The maximum absolute atomic E-state index is 14.2. The molecule has 1 saturated heterocycles. The van der Waals surface area contributed by atoms with E-state index in [1.807, 2.05) is 0 Å². The molecule has 1 unspecified atom stereocenters. The van der Waals surface area contributed by atoms with Crippen molar-refractivity contribution in [2.24, 2.45) is 0 Å². The number of aliphatic hydroxyl groups is 1. The van der Waals surface area contributed by atoms with E-state index in [-0.39, 0.29) is 55.3 Å². The Bertz CT molecular complexity index is 1350. The van der Waals surface area contributed by atoms with Crippen LogP contribution >= 0.6 is 0 Å². The van der Waals surface area contributed by atoms with E-state index in [1.54, 1.807) is 30.3 Å².